The molecule has 0 radical (unpaired) electrons. The molecule has 1 aliphatic rings. The fraction of sp³-hybridized carbons (Fsp3) is 0.360. The number of benzene rings is 2. The lowest BCUT2D eigenvalue weighted by Crippen LogP contribution is -2.35. The van der Waals surface area contributed by atoms with Gasteiger partial charge in [0.15, 0.2) is 0 Å². The fourth-order valence-corrected chi connectivity index (χ4v) is 5.01. The summed E-state index contributed by atoms with van der Waals surface area (Å²) in [6.45, 7) is 4.17. The van der Waals surface area contributed by atoms with E-state index in [1.807, 2.05) is 32.0 Å². The molecule has 2 aromatic carbocycles. The van der Waals surface area contributed by atoms with E-state index in [0.29, 0.717) is 17.9 Å². The third-order valence-corrected chi connectivity index (χ3v) is 6.67. The molecule has 1 heterocycles. The van der Waals surface area contributed by atoms with Crippen molar-refractivity contribution in [3.8, 4) is 33.0 Å². The van der Waals surface area contributed by atoms with Gasteiger partial charge in [-0.25, -0.2) is 0 Å². The monoisotopic (exact) mass is 461 g/mol. The molecule has 3 aromatic rings. The van der Waals surface area contributed by atoms with Crippen LogP contribution < -0.4 is 15.4 Å². The van der Waals surface area contributed by atoms with Gasteiger partial charge in [0.25, 0.3) is 0 Å². The lowest BCUT2D eigenvalue weighted by molar-refractivity contribution is -0.119. The molecule has 1 aromatic heterocycles. The van der Waals surface area contributed by atoms with Gasteiger partial charge in [-0.2, -0.15) is 5.26 Å². The smallest absolute Gasteiger partial charge is 0.233 e. The fourth-order valence-electron chi connectivity index (χ4n) is 4.12. The van der Waals surface area contributed by atoms with E-state index in [0.717, 1.165) is 40.4 Å². The Bertz CT molecular complexity index is 1200. The largest absolute Gasteiger partial charge is 0.490 e. The molecule has 33 heavy (non-hydrogen) atoms. The highest BCUT2D eigenvalue weighted by Crippen LogP contribution is 2.39. The number of nitriles is 1. The Morgan fingerprint density at radius 3 is 2.85 bits per heavy atom. The Kier molecular flexibility index (Phi) is 7.02. The van der Waals surface area contributed by atoms with E-state index >= 15 is 0 Å². The van der Waals surface area contributed by atoms with Crippen molar-refractivity contribution in [2.24, 2.45) is 0 Å². The molecule has 1 atom stereocenters. The summed E-state index contributed by atoms with van der Waals surface area (Å²) < 4.78 is 5.73. The number of hydrogen-bond acceptors (Lipinski definition) is 7. The molecule has 0 saturated heterocycles. The third-order valence-electron chi connectivity index (χ3n) is 5.66. The van der Waals surface area contributed by atoms with Crippen LogP contribution in [0.2, 0.25) is 0 Å². The van der Waals surface area contributed by atoms with Gasteiger partial charge in [0.2, 0.25) is 5.91 Å². The van der Waals surface area contributed by atoms with Crippen LogP contribution in [-0.2, 0) is 11.2 Å². The maximum atomic E-state index is 11.7. The van der Waals surface area contributed by atoms with Crippen LogP contribution in [0.25, 0.3) is 21.1 Å². The van der Waals surface area contributed by atoms with Gasteiger partial charge < -0.3 is 15.4 Å². The highest BCUT2D eigenvalue weighted by Gasteiger charge is 2.24. The first-order valence-corrected chi connectivity index (χ1v) is 11.9. The molecule has 170 valence electrons. The van der Waals surface area contributed by atoms with Gasteiger partial charge in [0.05, 0.1) is 18.2 Å². The van der Waals surface area contributed by atoms with Gasteiger partial charge in [-0.05, 0) is 62.4 Å². The van der Waals surface area contributed by atoms with Crippen molar-refractivity contribution in [2.45, 2.75) is 45.3 Å². The molecule has 2 N–H and O–H groups in total. The molecular formula is C25H27N5O2S. The number of likely N-dealkylation sites (N-methyl/N-ethyl adjacent to an activating group) is 1. The number of ether oxygens (including phenoxy) is 1. The highest BCUT2D eigenvalue weighted by molar-refractivity contribution is 7.17. The van der Waals surface area contributed by atoms with E-state index in [2.05, 4.69) is 39.0 Å². The van der Waals surface area contributed by atoms with Crippen LogP contribution in [0.3, 0.4) is 0 Å². The van der Waals surface area contributed by atoms with Crippen molar-refractivity contribution in [1.29, 1.82) is 5.26 Å². The lowest BCUT2D eigenvalue weighted by atomic mass is 9.85. The summed E-state index contributed by atoms with van der Waals surface area (Å²) in [5.74, 6) is 0.557. The van der Waals surface area contributed by atoms with Crippen LogP contribution in [-0.4, -0.2) is 35.8 Å². The number of carbonyl (C=O) groups is 1. The van der Waals surface area contributed by atoms with Gasteiger partial charge in [-0.15, -0.1) is 10.2 Å². The quantitative estimate of drug-likeness (QED) is 0.546. The molecule has 7 nitrogen and oxygen atoms in total. The minimum absolute atomic E-state index is 0.00462. The first kappa shape index (κ1) is 22.9. The van der Waals surface area contributed by atoms with E-state index < -0.39 is 0 Å². The number of rotatable bonds is 7. The van der Waals surface area contributed by atoms with Crippen LogP contribution in [0.5, 0.6) is 5.75 Å². The van der Waals surface area contributed by atoms with Crippen LogP contribution in [0.15, 0.2) is 36.4 Å². The molecule has 1 aliphatic carbocycles. The summed E-state index contributed by atoms with van der Waals surface area (Å²) in [5.41, 5.74) is 4.91. The van der Waals surface area contributed by atoms with E-state index in [1.165, 1.54) is 22.5 Å². The average molecular weight is 462 g/mol. The number of carbonyl (C=O) groups excluding carboxylic acids is 1. The Morgan fingerprint density at radius 2 is 2.09 bits per heavy atom. The molecule has 0 bridgehead atoms. The molecule has 8 heteroatoms. The number of aromatic nitrogens is 2. The van der Waals surface area contributed by atoms with Gasteiger partial charge in [-0.3, -0.25) is 4.79 Å². The highest BCUT2D eigenvalue weighted by atomic mass is 32.1. The van der Waals surface area contributed by atoms with Crippen molar-refractivity contribution in [2.75, 3.05) is 13.6 Å². The van der Waals surface area contributed by atoms with E-state index in [1.54, 1.807) is 13.1 Å². The molecule has 0 fully saturated rings. The Hall–Kier alpha value is -3.28. The van der Waals surface area contributed by atoms with E-state index in [4.69, 9.17) is 4.74 Å². The van der Waals surface area contributed by atoms with Crippen LogP contribution >= 0.6 is 11.3 Å². The summed E-state index contributed by atoms with van der Waals surface area (Å²) >= 11 is 1.52. The van der Waals surface area contributed by atoms with Gasteiger partial charge in [0.1, 0.15) is 21.8 Å². The molecule has 0 aliphatic heterocycles. The van der Waals surface area contributed by atoms with E-state index in [9.17, 15) is 10.1 Å². The molecule has 4 rings (SSSR count). The Balaban J connectivity index is 1.62. The van der Waals surface area contributed by atoms with Crippen molar-refractivity contribution in [1.82, 2.24) is 20.8 Å². The second-order valence-corrected chi connectivity index (χ2v) is 9.25. The zero-order chi connectivity index (χ0) is 23.4. The van der Waals surface area contributed by atoms with Crippen molar-refractivity contribution in [3.05, 3.63) is 53.1 Å². The summed E-state index contributed by atoms with van der Waals surface area (Å²) in [6.07, 6.45) is 3.01. The van der Waals surface area contributed by atoms with E-state index in [-0.39, 0.29) is 18.1 Å². The molecule has 1 amide bonds. The zero-order valence-corrected chi connectivity index (χ0v) is 19.8. The second kappa shape index (κ2) is 10.1. The summed E-state index contributed by atoms with van der Waals surface area (Å²) in [7, 11) is 1.65. The molecule has 0 unspecified atom stereocenters. The first-order chi connectivity index (χ1) is 16.0. The van der Waals surface area contributed by atoms with Crippen molar-refractivity contribution < 1.29 is 9.53 Å². The van der Waals surface area contributed by atoms with Crippen LogP contribution in [0, 0.1) is 11.3 Å². The average Bonchev–Trinajstić information content (AvgIpc) is 3.32. The summed E-state index contributed by atoms with van der Waals surface area (Å²) in [6, 6.07) is 14.2. The van der Waals surface area contributed by atoms with Crippen molar-refractivity contribution in [3.63, 3.8) is 0 Å². The second-order valence-electron chi connectivity index (χ2n) is 8.27. The maximum Gasteiger partial charge on any atom is 0.233 e. The first-order valence-electron chi connectivity index (χ1n) is 11.1. The maximum absolute atomic E-state index is 11.7. The molecular weight excluding hydrogens is 434 g/mol. The lowest BCUT2D eigenvalue weighted by Gasteiger charge is -2.27. The topological polar surface area (TPSA) is 99.9 Å². The minimum Gasteiger partial charge on any atom is -0.490 e. The van der Waals surface area contributed by atoms with Gasteiger partial charge in [0, 0.05) is 24.2 Å². The number of fused-ring (bicyclic) bond motifs is 1. The summed E-state index contributed by atoms with van der Waals surface area (Å²) in [4.78, 5) is 11.7. The zero-order valence-electron chi connectivity index (χ0n) is 19.0. The number of amides is 1. The number of nitrogens with one attached hydrogen (secondary N) is 2. The predicted octanol–water partition coefficient (Wildman–Crippen LogP) is 4.24. The number of hydrogen-bond donors (Lipinski definition) is 2. The SMILES string of the molecule is CNC(=O)CN[C@H]1CCCc2c(-c3nnc(-c4ccc(OC(C)C)c(C#N)c4)s3)cccc21. The van der Waals surface area contributed by atoms with Gasteiger partial charge >= 0.3 is 0 Å². The van der Waals surface area contributed by atoms with Gasteiger partial charge in [-0.1, -0.05) is 29.5 Å². The Labute approximate surface area is 197 Å². The van der Waals surface area contributed by atoms with Crippen LogP contribution in [0.1, 0.15) is 49.4 Å². The Morgan fingerprint density at radius 1 is 1.27 bits per heavy atom. The number of nitrogens with zero attached hydrogens (tertiary/aromatic N) is 3. The summed E-state index contributed by atoms with van der Waals surface area (Å²) in [5, 5.41) is 26.1. The third kappa shape index (κ3) is 5.05. The minimum atomic E-state index is -0.0198. The molecule has 0 saturated carbocycles. The van der Waals surface area contributed by atoms with Crippen LogP contribution in [0.4, 0.5) is 0 Å². The normalized spacial score (nSPS) is 15.1. The molecule has 0 spiro atoms. The predicted molar refractivity (Wildman–Crippen MR) is 129 cm³/mol. The van der Waals surface area contributed by atoms with Crippen molar-refractivity contribution >= 4 is 17.2 Å². The standard InChI is InChI=1S/C25H27N5O2S/c1-15(2)32-22-11-10-16(12-17(22)13-26)24-29-30-25(33-24)20-8-4-7-19-18(20)6-5-9-21(19)28-14-23(31)27-3/h4,7-8,10-12,15,21,28H,5-6,9,14H2,1-3H3,(H,27,31)/t21-/m0/s1.